The highest BCUT2D eigenvalue weighted by Gasteiger charge is 2.61. The van der Waals surface area contributed by atoms with Crippen LogP contribution in [0.1, 0.15) is 127 Å². The van der Waals surface area contributed by atoms with E-state index in [4.69, 9.17) is 8.85 Å². The van der Waals surface area contributed by atoms with Gasteiger partial charge in [0, 0.05) is 24.7 Å². The van der Waals surface area contributed by atoms with Gasteiger partial charge in [0.2, 0.25) is 0 Å². The van der Waals surface area contributed by atoms with Gasteiger partial charge in [-0.05, 0) is 92.0 Å². The SMILES string of the molecule is CCC(=O)CC[C@@]1(O[Si](C)(C)C(C)(C)C)CC2=CC=C3[C@H](CC[C@]4(C)C(CC)=CC[C@@H]34)[C@@]2(C)[C@@H](O[Si](C)(C)C(C)(C)C)C1. The Morgan fingerprint density at radius 2 is 1.58 bits per heavy atom. The van der Waals surface area contributed by atoms with E-state index >= 15 is 0 Å². The summed E-state index contributed by atoms with van der Waals surface area (Å²) in [5.74, 6) is 1.47. The van der Waals surface area contributed by atoms with E-state index in [1.807, 2.05) is 6.92 Å². The molecular weight excluding hydrogens is 561 g/mol. The second-order valence-electron chi connectivity index (χ2n) is 18.2. The van der Waals surface area contributed by atoms with Crippen molar-refractivity contribution >= 4 is 22.4 Å². The molecule has 4 aliphatic carbocycles. The minimum absolute atomic E-state index is 0.0506. The molecule has 0 aliphatic heterocycles. The largest absolute Gasteiger partial charge is 0.413 e. The van der Waals surface area contributed by atoms with E-state index in [1.54, 1.807) is 11.1 Å². The topological polar surface area (TPSA) is 35.5 Å². The van der Waals surface area contributed by atoms with Crippen LogP contribution in [0.15, 0.2) is 34.9 Å². The van der Waals surface area contributed by atoms with Gasteiger partial charge in [-0.25, -0.2) is 0 Å². The van der Waals surface area contributed by atoms with Crippen molar-refractivity contribution < 1.29 is 13.6 Å². The predicted octanol–water partition coefficient (Wildman–Crippen LogP) is 11.3. The number of allylic oxidation sites excluding steroid dienone is 5. The molecule has 0 aromatic rings. The molecule has 0 unspecified atom stereocenters. The molecule has 3 nitrogen and oxygen atoms in total. The van der Waals surface area contributed by atoms with Gasteiger partial charge in [-0.1, -0.05) is 104 Å². The van der Waals surface area contributed by atoms with E-state index in [0.717, 1.165) is 19.3 Å². The molecule has 4 aliphatic rings. The Morgan fingerprint density at radius 1 is 0.953 bits per heavy atom. The summed E-state index contributed by atoms with van der Waals surface area (Å²) in [6.45, 7) is 33.2. The highest BCUT2D eigenvalue weighted by molar-refractivity contribution is 6.74. The van der Waals surface area contributed by atoms with Crippen molar-refractivity contribution in [2.45, 2.75) is 175 Å². The van der Waals surface area contributed by atoms with Crippen LogP contribution in [0.3, 0.4) is 0 Å². The van der Waals surface area contributed by atoms with Gasteiger partial charge < -0.3 is 8.85 Å². The van der Waals surface area contributed by atoms with Crippen molar-refractivity contribution in [3.63, 3.8) is 0 Å². The van der Waals surface area contributed by atoms with Gasteiger partial charge in [-0.15, -0.1) is 0 Å². The van der Waals surface area contributed by atoms with Crippen molar-refractivity contribution in [1.82, 2.24) is 0 Å². The van der Waals surface area contributed by atoms with Gasteiger partial charge in [0.1, 0.15) is 5.78 Å². The molecule has 0 radical (unpaired) electrons. The number of ketones is 1. The molecule has 0 bridgehead atoms. The normalized spacial score (nSPS) is 34.9. The Labute approximate surface area is 268 Å². The van der Waals surface area contributed by atoms with Crippen molar-refractivity contribution in [2.75, 3.05) is 0 Å². The zero-order valence-corrected chi connectivity index (χ0v) is 32.6. The van der Waals surface area contributed by atoms with E-state index in [-0.39, 0.29) is 27.2 Å². The predicted molar refractivity (Wildman–Crippen MR) is 188 cm³/mol. The van der Waals surface area contributed by atoms with Crippen LogP contribution in [-0.2, 0) is 13.6 Å². The molecule has 6 atom stereocenters. The lowest BCUT2D eigenvalue weighted by molar-refractivity contribution is -0.122. The summed E-state index contributed by atoms with van der Waals surface area (Å²) in [5.41, 5.74) is 4.76. The molecule has 0 saturated heterocycles. The van der Waals surface area contributed by atoms with E-state index < -0.39 is 16.6 Å². The molecule has 0 N–H and O–H groups in total. The second kappa shape index (κ2) is 11.5. The van der Waals surface area contributed by atoms with E-state index in [0.29, 0.717) is 35.9 Å². The van der Waals surface area contributed by atoms with Crippen LogP contribution in [0.25, 0.3) is 0 Å². The van der Waals surface area contributed by atoms with Gasteiger partial charge in [-0.3, -0.25) is 4.79 Å². The summed E-state index contributed by atoms with van der Waals surface area (Å²) in [5, 5.41) is 0.218. The maximum atomic E-state index is 12.8. The molecule has 244 valence electrons. The molecule has 4 rings (SSSR count). The fourth-order valence-corrected chi connectivity index (χ4v) is 11.6. The molecule has 2 fully saturated rings. The lowest BCUT2D eigenvalue weighted by Crippen LogP contribution is -2.62. The van der Waals surface area contributed by atoms with Crippen LogP contribution in [0.4, 0.5) is 0 Å². The number of Topliss-reactive ketones (excluding diaryl/α,β-unsaturated/α-hetero) is 1. The van der Waals surface area contributed by atoms with Crippen molar-refractivity contribution in [3.05, 3.63) is 34.9 Å². The number of rotatable bonds is 9. The van der Waals surface area contributed by atoms with Crippen molar-refractivity contribution in [3.8, 4) is 0 Å². The van der Waals surface area contributed by atoms with Gasteiger partial charge in [0.15, 0.2) is 16.6 Å². The Hall–Kier alpha value is -0.756. The highest BCUT2D eigenvalue weighted by Crippen LogP contribution is 2.66. The molecule has 2 saturated carbocycles. The zero-order chi connectivity index (χ0) is 32.4. The fourth-order valence-electron chi connectivity index (χ4n) is 8.60. The molecule has 0 spiro atoms. The average Bonchev–Trinajstić information content (AvgIpc) is 3.22. The van der Waals surface area contributed by atoms with Crippen LogP contribution >= 0.6 is 0 Å². The molecule has 0 heterocycles. The zero-order valence-electron chi connectivity index (χ0n) is 30.6. The third-order valence-corrected chi connectivity index (χ3v) is 22.7. The molecular formula is C38H66O3Si2. The van der Waals surface area contributed by atoms with Crippen LogP contribution < -0.4 is 0 Å². The molecule has 0 aromatic carbocycles. The third-order valence-electron chi connectivity index (χ3n) is 13.6. The molecule has 5 heteroatoms. The van der Waals surface area contributed by atoms with Crippen molar-refractivity contribution in [1.29, 1.82) is 0 Å². The maximum Gasteiger partial charge on any atom is 0.192 e. The second-order valence-corrected chi connectivity index (χ2v) is 27.7. The Balaban J connectivity index is 1.85. The van der Waals surface area contributed by atoms with E-state index in [9.17, 15) is 4.79 Å². The van der Waals surface area contributed by atoms with Gasteiger partial charge >= 0.3 is 0 Å². The molecule has 43 heavy (non-hydrogen) atoms. The van der Waals surface area contributed by atoms with Crippen LogP contribution in [0, 0.1) is 22.7 Å². The quantitative estimate of drug-likeness (QED) is 0.189. The lowest BCUT2D eigenvalue weighted by atomic mass is 9.48. The first-order chi connectivity index (χ1) is 19.6. The summed E-state index contributed by atoms with van der Waals surface area (Å²) in [6.07, 6.45) is 16.4. The summed E-state index contributed by atoms with van der Waals surface area (Å²) < 4.78 is 15.2. The van der Waals surface area contributed by atoms with Crippen LogP contribution in [-0.4, -0.2) is 34.1 Å². The first kappa shape index (κ1) is 35.1. The fraction of sp³-hybridized carbons (Fsp3) is 0.816. The number of hydrogen-bond donors (Lipinski definition) is 0. The minimum Gasteiger partial charge on any atom is -0.413 e. The Morgan fingerprint density at radius 3 is 2.14 bits per heavy atom. The Bertz CT molecular complexity index is 1180. The molecule has 0 aromatic heterocycles. The summed E-state index contributed by atoms with van der Waals surface area (Å²) in [4.78, 5) is 12.8. The third kappa shape index (κ3) is 6.08. The van der Waals surface area contributed by atoms with E-state index in [2.05, 4.69) is 107 Å². The van der Waals surface area contributed by atoms with Gasteiger partial charge in [-0.2, -0.15) is 0 Å². The van der Waals surface area contributed by atoms with Crippen molar-refractivity contribution in [2.24, 2.45) is 22.7 Å². The summed E-state index contributed by atoms with van der Waals surface area (Å²) >= 11 is 0. The van der Waals surface area contributed by atoms with E-state index in [1.165, 1.54) is 31.3 Å². The smallest absolute Gasteiger partial charge is 0.192 e. The maximum absolute atomic E-state index is 12.8. The van der Waals surface area contributed by atoms with Gasteiger partial charge in [0.25, 0.3) is 0 Å². The van der Waals surface area contributed by atoms with Gasteiger partial charge in [0.05, 0.1) is 11.7 Å². The number of hydrogen-bond acceptors (Lipinski definition) is 3. The Kier molecular flexibility index (Phi) is 9.38. The average molecular weight is 627 g/mol. The number of carbonyl (C=O) groups is 1. The van der Waals surface area contributed by atoms with Crippen LogP contribution in [0.2, 0.25) is 36.3 Å². The minimum atomic E-state index is -2.13. The number of carbonyl (C=O) groups excluding carboxylic acids is 1. The number of fused-ring (bicyclic) bond motifs is 5. The van der Waals surface area contributed by atoms with Crippen LogP contribution in [0.5, 0.6) is 0 Å². The standard InChI is InChI=1S/C38H66O3Si2/c1-15-27-18-20-31-30-19-17-28-25-38(24-21-29(39)16-2,41-43(13,14)35(6,7)8)26-33(40-42(11,12)34(3,4)5)37(28,10)32(30)22-23-36(27,31)9/h17-19,31-33H,15-16,20-26H2,1-14H3/t31-,32-,33-,36+,37-,38+/m0/s1. The first-order valence-electron chi connectivity index (χ1n) is 17.6. The monoisotopic (exact) mass is 626 g/mol. The molecule has 0 amide bonds. The summed E-state index contributed by atoms with van der Waals surface area (Å²) in [7, 11) is -4.24. The first-order valence-corrected chi connectivity index (χ1v) is 23.4. The highest BCUT2D eigenvalue weighted by atomic mass is 28.4. The summed E-state index contributed by atoms with van der Waals surface area (Å²) in [6, 6.07) is 0. The lowest BCUT2D eigenvalue weighted by Gasteiger charge is -2.62.